The van der Waals surface area contributed by atoms with Crippen molar-refractivity contribution in [3.05, 3.63) is 65.7 Å². The summed E-state index contributed by atoms with van der Waals surface area (Å²) in [5, 5.41) is 27.7. The second-order valence-corrected chi connectivity index (χ2v) is 17.2. The van der Waals surface area contributed by atoms with Crippen molar-refractivity contribution in [1.82, 2.24) is 20.9 Å². The summed E-state index contributed by atoms with van der Waals surface area (Å²) in [5.74, 6) is 0.113. The molecule has 4 atom stereocenters. The summed E-state index contributed by atoms with van der Waals surface area (Å²) in [5.41, 5.74) is 0.406. The number of ether oxygens (including phenoxy) is 4. The molecule has 1 amide bonds. The predicted octanol–water partition coefficient (Wildman–Crippen LogP) is 4.21. The van der Waals surface area contributed by atoms with E-state index in [1.54, 1.807) is 12.0 Å². The minimum atomic E-state index is -1.28. The van der Waals surface area contributed by atoms with E-state index < -0.39 is 41.8 Å². The number of methoxy groups -OCH3 is 3. The fourth-order valence-electron chi connectivity index (χ4n) is 8.68. The zero-order chi connectivity index (χ0) is 44.0. The number of benzene rings is 2. The lowest BCUT2D eigenvalue weighted by Gasteiger charge is -2.36. The van der Waals surface area contributed by atoms with E-state index in [1.165, 1.54) is 14.2 Å². The van der Waals surface area contributed by atoms with Gasteiger partial charge >= 0.3 is 32.3 Å². The predicted molar refractivity (Wildman–Crippen MR) is 230 cm³/mol. The quantitative estimate of drug-likeness (QED) is 0.0770. The maximum atomic E-state index is 13.3. The zero-order valence-corrected chi connectivity index (χ0v) is 36.9. The third-order valence-corrected chi connectivity index (χ3v) is 12.7. The van der Waals surface area contributed by atoms with Gasteiger partial charge in [-0.05, 0) is 103 Å². The molecule has 0 radical (unpaired) electrons. The largest absolute Gasteiger partial charge is 0.497 e. The molecule has 3 fully saturated rings. The number of hydrogen-bond donors (Lipinski definition) is 5. The number of esters is 2. The lowest BCUT2D eigenvalue weighted by atomic mass is 9.72. The topological polar surface area (TPSA) is 186 Å². The summed E-state index contributed by atoms with van der Waals surface area (Å²) in [6, 6.07) is 16.3. The molecule has 0 bridgehead atoms. The first kappa shape index (κ1) is 49.0. The molecule has 332 valence electrons. The van der Waals surface area contributed by atoms with Gasteiger partial charge < -0.3 is 54.3 Å². The van der Waals surface area contributed by atoms with Crippen LogP contribution in [0.2, 0.25) is 12.6 Å². The third kappa shape index (κ3) is 12.7. The molecule has 17 heteroatoms. The van der Waals surface area contributed by atoms with Gasteiger partial charge in [0.1, 0.15) is 24.4 Å². The number of hydrogen-bond acceptors (Lipinski definition) is 14. The maximum absolute atomic E-state index is 13.3. The Morgan fingerprint density at radius 1 is 0.867 bits per heavy atom. The van der Waals surface area contributed by atoms with E-state index in [-0.39, 0.29) is 31.2 Å². The van der Waals surface area contributed by atoms with Gasteiger partial charge in [0.15, 0.2) is 0 Å². The molecule has 3 aliphatic heterocycles. The van der Waals surface area contributed by atoms with Crippen LogP contribution in [0.25, 0.3) is 0 Å². The van der Waals surface area contributed by atoms with Gasteiger partial charge in [-0.15, -0.1) is 0 Å². The average Bonchev–Trinajstić information content (AvgIpc) is 3.87. The van der Waals surface area contributed by atoms with Crippen LogP contribution in [-0.4, -0.2) is 125 Å². The molecule has 0 unspecified atom stereocenters. The summed E-state index contributed by atoms with van der Waals surface area (Å²) in [4.78, 5) is 40.0. The third-order valence-electron chi connectivity index (χ3n) is 12.7. The number of amides is 1. The monoisotopic (exact) mass is 839 g/mol. The molecular weight excluding hydrogens is 770 g/mol. The number of nitrogens with one attached hydrogen (secondary N) is 3. The maximum Gasteiger partial charge on any atom is 0.457 e. The number of carbonyl (C=O) groups is 3. The Labute approximate surface area is 357 Å². The van der Waals surface area contributed by atoms with Crippen LogP contribution in [0.5, 0.6) is 5.75 Å². The van der Waals surface area contributed by atoms with Crippen molar-refractivity contribution in [3.63, 3.8) is 0 Å². The molecule has 2 aromatic carbocycles. The molecule has 3 saturated heterocycles. The molecule has 0 aromatic heterocycles. The summed E-state index contributed by atoms with van der Waals surface area (Å²) < 4.78 is 33.5. The molecule has 3 heterocycles. The van der Waals surface area contributed by atoms with E-state index in [0.29, 0.717) is 58.1 Å². The van der Waals surface area contributed by atoms with Gasteiger partial charge in [-0.2, -0.15) is 0 Å². The van der Waals surface area contributed by atoms with E-state index in [1.807, 2.05) is 89.3 Å². The molecule has 15 nitrogen and oxygen atoms in total. The van der Waals surface area contributed by atoms with Crippen LogP contribution in [0.4, 0.5) is 4.79 Å². The summed E-state index contributed by atoms with van der Waals surface area (Å²) in [6.45, 7) is 11.3. The highest BCUT2D eigenvalue weighted by Crippen LogP contribution is 2.44. The molecule has 2 aromatic rings. The van der Waals surface area contributed by atoms with Gasteiger partial charge in [-0.3, -0.25) is 9.69 Å². The zero-order valence-electron chi connectivity index (χ0n) is 36.9. The van der Waals surface area contributed by atoms with Crippen molar-refractivity contribution in [2.75, 3.05) is 54.6 Å². The number of likely N-dealkylation sites (tertiary alicyclic amines) is 1. The Balaban J connectivity index is 0.000000369. The van der Waals surface area contributed by atoms with E-state index in [4.69, 9.17) is 38.3 Å². The molecule has 5 rings (SSSR count). The van der Waals surface area contributed by atoms with Gasteiger partial charge in [0.25, 0.3) is 0 Å². The fraction of sp³-hybridized carbons (Fsp3) is 0.651. The van der Waals surface area contributed by atoms with Crippen molar-refractivity contribution < 1.29 is 52.7 Å². The minimum absolute atomic E-state index is 0.134. The highest BCUT2D eigenvalue weighted by Gasteiger charge is 2.55. The van der Waals surface area contributed by atoms with Gasteiger partial charge in [0, 0.05) is 37.0 Å². The van der Waals surface area contributed by atoms with Crippen LogP contribution in [0.1, 0.15) is 77.3 Å². The van der Waals surface area contributed by atoms with E-state index >= 15 is 0 Å². The molecular formula is C43H68B2N4O11. The number of rotatable bonds is 19. The highest BCUT2D eigenvalue weighted by atomic mass is 16.7. The highest BCUT2D eigenvalue weighted by molar-refractivity contribution is 6.45. The van der Waals surface area contributed by atoms with Crippen molar-refractivity contribution in [1.29, 1.82) is 0 Å². The lowest BCUT2D eigenvalue weighted by Crippen LogP contribution is -2.52. The van der Waals surface area contributed by atoms with E-state index in [0.717, 1.165) is 42.7 Å². The second-order valence-electron chi connectivity index (χ2n) is 17.2. The van der Waals surface area contributed by atoms with Gasteiger partial charge in [0.2, 0.25) is 0 Å². The van der Waals surface area contributed by atoms with Crippen LogP contribution >= 0.6 is 0 Å². The lowest BCUT2D eigenvalue weighted by molar-refractivity contribution is -0.149. The molecule has 0 saturated carbocycles. The number of nitrogens with zero attached hydrogens (tertiary/aromatic N) is 1. The Bertz CT molecular complexity index is 1640. The molecule has 0 spiro atoms. The van der Waals surface area contributed by atoms with Crippen molar-refractivity contribution in [2.45, 2.75) is 115 Å². The first-order valence-corrected chi connectivity index (χ1v) is 21.1. The summed E-state index contributed by atoms with van der Waals surface area (Å²) >= 11 is 0. The van der Waals surface area contributed by atoms with Crippen LogP contribution in [-0.2, 0) is 46.3 Å². The van der Waals surface area contributed by atoms with Crippen LogP contribution < -0.4 is 20.7 Å². The Hall–Kier alpha value is -3.70. The van der Waals surface area contributed by atoms with Crippen molar-refractivity contribution >= 4 is 32.3 Å². The van der Waals surface area contributed by atoms with Crippen LogP contribution in [0.15, 0.2) is 54.6 Å². The number of carbonyl (C=O) groups excluding carboxylic acids is 3. The fourth-order valence-corrected chi connectivity index (χ4v) is 8.68. The first-order valence-electron chi connectivity index (χ1n) is 21.1. The Kier molecular flexibility index (Phi) is 18.3. The minimum Gasteiger partial charge on any atom is -0.497 e. The standard InChI is InChI=1S/C32H45BN2O7.C11H23BN2O4/c1-30(2)31(3,4)42-33(41-30)19-10-17-32(23-34-21-24-13-15-26(38-5)16-14-24)18-20-35(27(32)28(36)39-6)29(37)40-22-25-11-8-7-9-12-25;1-13-8-11(4-3-6-12(16)17)5-7-14-9(11)10(15)18-2/h7-9,11-16,27,34H,10,17-23H2,1-6H3;9,13-14,16-17H,3-8H2,1-2H3/t27-,32-;9-,11-/m11/s1. The molecule has 5 N–H and O–H groups in total. The van der Waals surface area contributed by atoms with Crippen LogP contribution in [0, 0.1) is 10.8 Å². The molecule has 60 heavy (non-hydrogen) atoms. The van der Waals surface area contributed by atoms with Gasteiger partial charge in [-0.1, -0.05) is 55.3 Å². The van der Waals surface area contributed by atoms with Crippen molar-refractivity contribution in [3.8, 4) is 5.75 Å². The first-order chi connectivity index (χ1) is 28.6. The SMILES string of the molecule is CNC[C@@]1(CCCB(O)O)CCN[C@@H]1C(=O)OC.COC(=O)[C@H]1N(C(=O)OCc2ccccc2)CC[C@]1(CCCB1OC(C)(C)C(C)(C)O1)CNCc1ccc(OC)cc1. The Morgan fingerprint density at radius 3 is 2.12 bits per heavy atom. The summed E-state index contributed by atoms with van der Waals surface area (Å²) in [6.07, 6.45) is 4.88. The molecule has 3 aliphatic rings. The van der Waals surface area contributed by atoms with Gasteiger partial charge in [-0.25, -0.2) is 9.59 Å². The Morgan fingerprint density at radius 2 is 1.52 bits per heavy atom. The van der Waals surface area contributed by atoms with Gasteiger partial charge in [0.05, 0.1) is 32.5 Å². The van der Waals surface area contributed by atoms with E-state index in [9.17, 15) is 14.4 Å². The van der Waals surface area contributed by atoms with E-state index in [2.05, 4.69) is 16.0 Å². The smallest absolute Gasteiger partial charge is 0.457 e. The molecule has 0 aliphatic carbocycles. The summed E-state index contributed by atoms with van der Waals surface area (Å²) in [7, 11) is 4.66. The second kappa shape index (κ2) is 22.4. The van der Waals surface area contributed by atoms with Crippen LogP contribution in [0.3, 0.4) is 0 Å². The normalized spacial score (nSPS) is 24.0. The average molecular weight is 839 g/mol. The van der Waals surface area contributed by atoms with Crippen molar-refractivity contribution in [2.24, 2.45) is 10.8 Å².